The molecule has 2 aromatic rings. The number of pyridine rings is 1. The van der Waals surface area contributed by atoms with E-state index in [1.165, 1.54) is 23.1 Å². The molecule has 110 valence electrons. The first-order valence-electron chi connectivity index (χ1n) is 6.75. The molecule has 0 spiro atoms. The van der Waals surface area contributed by atoms with E-state index >= 15 is 0 Å². The van der Waals surface area contributed by atoms with Crippen molar-refractivity contribution in [2.45, 2.75) is 6.54 Å². The van der Waals surface area contributed by atoms with Gasteiger partial charge in [0.15, 0.2) is 0 Å². The third-order valence-electron chi connectivity index (χ3n) is 2.96. The van der Waals surface area contributed by atoms with Gasteiger partial charge >= 0.3 is 0 Å². The lowest BCUT2D eigenvalue weighted by atomic mass is 10.2. The third-order valence-corrected chi connectivity index (χ3v) is 2.96. The van der Waals surface area contributed by atoms with E-state index in [1.807, 2.05) is 6.07 Å². The van der Waals surface area contributed by atoms with Crippen LogP contribution in [0.2, 0.25) is 0 Å². The average Bonchev–Trinajstić information content (AvgIpc) is 2.55. The third kappa shape index (κ3) is 4.57. The van der Waals surface area contributed by atoms with E-state index in [4.69, 9.17) is 6.42 Å². The number of benzene rings is 1. The van der Waals surface area contributed by atoms with Gasteiger partial charge in [-0.3, -0.25) is 9.78 Å². The molecule has 0 fully saturated rings. The van der Waals surface area contributed by atoms with Crippen molar-refractivity contribution in [3.8, 4) is 12.3 Å². The summed E-state index contributed by atoms with van der Waals surface area (Å²) in [4.78, 5) is 17.8. The summed E-state index contributed by atoms with van der Waals surface area (Å²) in [5, 5.41) is 0. The molecule has 22 heavy (non-hydrogen) atoms. The predicted octanol–water partition coefficient (Wildman–Crippen LogP) is 2.90. The summed E-state index contributed by atoms with van der Waals surface area (Å²) in [6, 6.07) is 11.4. The molecular formula is C18H15FN2O. The van der Waals surface area contributed by atoms with Crippen molar-refractivity contribution in [1.82, 2.24) is 9.88 Å². The molecule has 0 aliphatic heterocycles. The minimum atomic E-state index is -0.311. The van der Waals surface area contributed by atoms with Crippen molar-refractivity contribution >= 4 is 12.0 Å². The minimum Gasteiger partial charge on any atom is -0.324 e. The first-order valence-corrected chi connectivity index (χ1v) is 6.75. The van der Waals surface area contributed by atoms with Crippen LogP contribution in [0.1, 0.15) is 11.3 Å². The fourth-order valence-electron chi connectivity index (χ4n) is 1.87. The minimum absolute atomic E-state index is 0.183. The van der Waals surface area contributed by atoms with Gasteiger partial charge in [-0.2, -0.15) is 0 Å². The number of terminal acetylenes is 1. The van der Waals surface area contributed by atoms with Gasteiger partial charge in [0.1, 0.15) is 5.82 Å². The Morgan fingerprint density at radius 3 is 2.68 bits per heavy atom. The lowest BCUT2D eigenvalue weighted by Gasteiger charge is -2.18. The van der Waals surface area contributed by atoms with Crippen LogP contribution < -0.4 is 0 Å². The summed E-state index contributed by atoms with van der Waals surface area (Å²) in [5.41, 5.74) is 1.51. The molecule has 1 aromatic carbocycles. The second kappa shape index (κ2) is 7.75. The number of nitrogens with zero attached hydrogens (tertiary/aromatic N) is 2. The van der Waals surface area contributed by atoms with Gasteiger partial charge in [-0.15, -0.1) is 6.42 Å². The highest BCUT2D eigenvalue weighted by Crippen LogP contribution is 2.08. The van der Waals surface area contributed by atoms with Crippen LogP contribution in [0.15, 0.2) is 54.7 Å². The molecule has 1 amide bonds. The van der Waals surface area contributed by atoms with Crippen LogP contribution in [-0.4, -0.2) is 22.3 Å². The van der Waals surface area contributed by atoms with Gasteiger partial charge in [0.2, 0.25) is 5.91 Å². The molecule has 4 heteroatoms. The van der Waals surface area contributed by atoms with Gasteiger partial charge in [-0.05, 0) is 35.9 Å². The van der Waals surface area contributed by atoms with E-state index < -0.39 is 0 Å². The Balaban J connectivity index is 2.07. The zero-order chi connectivity index (χ0) is 15.8. The molecule has 0 N–H and O–H groups in total. The molecule has 0 saturated carbocycles. The van der Waals surface area contributed by atoms with Crippen molar-refractivity contribution in [2.75, 3.05) is 6.54 Å². The summed E-state index contributed by atoms with van der Waals surface area (Å²) < 4.78 is 12.9. The van der Waals surface area contributed by atoms with Gasteiger partial charge in [-0.25, -0.2) is 4.39 Å². The largest absolute Gasteiger partial charge is 0.324 e. The molecule has 0 bridgehead atoms. The van der Waals surface area contributed by atoms with Crippen LogP contribution in [0, 0.1) is 18.2 Å². The monoisotopic (exact) mass is 294 g/mol. The number of amides is 1. The highest BCUT2D eigenvalue weighted by Gasteiger charge is 2.10. The number of hydrogen-bond donors (Lipinski definition) is 0. The summed E-state index contributed by atoms with van der Waals surface area (Å²) in [7, 11) is 0. The first kappa shape index (κ1) is 15.5. The van der Waals surface area contributed by atoms with E-state index in [9.17, 15) is 9.18 Å². The highest BCUT2D eigenvalue weighted by molar-refractivity contribution is 5.91. The Hall–Kier alpha value is -2.93. The van der Waals surface area contributed by atoms with Crippen LogP contribution in [0.25, 0.3) is 6.08 Å². The van der Waals surface area contributed by atoms with Gasteiger partial charge < -0.3 is 4.90 Å². The molecule has 0 atom stereocenters. The number of rotatable bonds is 5. The van der Waals surface area contributed by atoms with E-state index in [2.05, 4.69) is 10.9 Å². The van der Waals surface area contributed by atoms with Crippen molar-refractivity contribution < 1.29 is 9.18 Å². The standard InChI is InChI=1S/C18H15FN2O/c1-2-13-21(14-15-6-8-16(19)9-7-15)18(22)11-10-17-5-3-4-12-20-17/h1,3-12H,13-14H2. The van der Waals surface area contributed by atoms with Crippen molar-refractivity contribution in [2.24, 2.45) is 0 Å². The van der Waals surface area contributed by atoms with Crippen molar-refractivity contribution in [3.63, 3.8) is 0 Å². The number of hydrogen-bond acceptors (Lipinski definition) is 2. The van der Waals surface area contributed by atoms with E-state index in [-0.39, 0.29) is 18.3 Å². The number of halogens is 1. The maximum absolute atomic E-state index is 12.9. The molecular weight excluding hydrogens is 279 g/mol. The SMILES string of the molecule is C#CCN(Cc1ccc(F)cc1)C(=O)C=Cc1ccccn1. The Morgan fingerprint density at radius 2 is 2.05 bits per heavy atom. The lowest BCUT2D eigenvalue weighted by molar-refractivity contribution is -0.125. The van der Waals surface area contributed by atoms with Crippen molar-refractivity contribution in [1.29, 1.82) is 0 Å². The fraction of sp³-hybridized carbons (Fsp3) is 0.111. The average molecular weight is 294 g/mol. The predicted molar refractivity (Wildman–Crippen MR) is 83.9 cm³/mol. The number of carbonyl (C=O) groups excluding carboxylic acids is 1. The second-order valence-corrected chi connectivity index (χ2v) is 4.61. The van der Waals surface area contributed by atoms with E-state index in [0.717, 1.165) is 5.56 Å². The Bertz CT molecular complexity index is 687. The molecule has 0 saturated heterocycles. The summed E-state index contributed by atoms with van der Waals surface area (Å²) in [5.74, 6) is 1.93. The van der Waals surface area contributed by atoms with E-state index in [0.29, 0.717) is 12.2 Å². The molecule has 1 heterocycles. The zero-order valence-electron chi connectivity index (χ0n) is 11.9. The molecule has 0 unspecified atom stereocenters. The van der Waals surface area contributed by atoms with Gasteiger partial charge in [0.05, 0.1) is 12.2 Å². The first-order chi connectivity index (χ1) is 10.7. The summed E-state index contributed by atoms with van der Waals surface area (Å²) in [6.45, 7) is 0.513. The fourth-order valence-corrected chi connectivity index (χ4v) is 1.87. The zero-order valence-corrected chi connectivity index (χ0v) is 11.9. The van der Waals surface area contributed by atoms with Crippen LogP contribution >= 0.6 is 0 Å². The molecule has 0 aliphatic carbocycles. The molecule has 0 aliphatic rings. The lowest BCUT2D eigenvalue weighted by Crippen LogP contribution is -2.29. The second-order valence-electron chi connectivity index (χ2n) is 4.61. The van der Waals surface area contributed by atoms with Crippen LogP contribution in [0.5, 0.6) is 0 Å². The topological polar surface area (TPSA) is 33.2 Å². The summed E-state index contributed by atoms with van der Waals surface area (Å²) in [6.07, 6.45) is 10.0. The number of aromatic nitrogens is 1. The molecule has 1 aromatic heterocycles. The van der Waals surface area contributed by atoms with Crippen LogP contribution in [0.3, 0.4) is 0 Å². The maximum Gasteiger partial charge on any atom is 0.247 e. The normalized spacial score (nSPS) is 10.4. The van der Waals surface area contributed by atoms with Crippen LogP contribution in [0.4, 0.5) is 4.39 Å². The smallest absolute Gasteiger partial charge is 0.247 e. The van der Waals surface area contributed by atoms with Crippen LogP contribution in [-0.2, 0) is 11.3 Å². The maximum atomic E-state index is 12.9. The summed E-state index contributed by atoms with van der Waals surface area (Å²) >= 11 is 0. The Kier molecular flexibility index (Phi) is 5.44. The van der Waals surface area contributed by atoms with Gasteiger partial charge in [-0.1, -0.05) is 24.1 Å². The van der Waals surface area contributed by atoms with Gasteiger partial charge in [0, 0.05) is 18.8 Å². The Labute approximate surface area is 129 Å². The van der Waals surface area contributed by atoms with Crippen molar-refractivity contribution in [3.05, 3.63) is 71.8 Å². The quantitative estimate of drug-likeness (QED) is 0.627. The number of carbonyl (C=O) groups is 1. The van der Waals surface area contributed by atoms with Gasteiger partial charge in [0.25, 0.3) is 0 Å². The Morgan fingerprint density at radius 1 is 1.27 bits per heavy atom. The molecule has 3 nitrogen and oxygen atoms in total. The highest BCUT2D eigenvalue weighted by atomic mass is 19.1. The molecule has 2 rings (SSSR count). The molecule has 0 radical (unpaired) electrons. The van der Waals surface area contributed by atoms with E-state index in [1.54, 1.807) is 36.5 Å².